The van der Waals surface area contributed by atoms with E-state index in [1.807, 2.05) is 4.68 Å². The SMILES string of the molecule is Nc1sc(-c2c(F)cccc2F)nc1C(=O)Nc1cnn(C2CCCCC2)c1. The molecule has 0 bridgehead atoms. The fourth-order valence-electron chi connectivity index (χ4n) is 3.44. The Morgan fingerprint density at radius 1 is 1.21 bits per heavy atom. The van der Waals surface area contributed by atoms with E-state index in [9.17, 15) is 13.6 Å². The van der Waals surface area contributed by atoms with Crippen molar-refractivity contribution >= 4 is 27.9 Å². The van der Waals surface area contributed by atoms with Crippen molar-refractivity contribution in [2.45, 2.75) is 38.1 Å². The van der Waals surface area contributed by atoms with Gasteiger partial charge in [0.2, 0.25) is 0 Å². The molecule has 1 aromatic carbocycles. The Kier molecular flexibility index (Phi) is 5.08. The lowest BCUT2D eigenvalue weighted by Gasteiger charge is -2.21. The van der Waals surface area contributed by atoms with E-state index in [-0.39, 0.29) is 21.3 Å². The smallest absolute Gasteiger partial charge is 0.277 e. The quantitative estimate of drug-likeness (QED) is 0.665. The van der Waals surface area contributed by atoms with Gasteiger partial charge in [-0.15, -0.1) is 0 Å². The van der Waals surface area contributed by atoms with Crippen molar-refractivity contribution in [1.82, 2.24) is 14.8 Å². The number of hydrogen-bond acceptors (Lipinski definition) is 5. The van der Waals surface area contributed by atoms with Crippen LogP contribution in [0.25, 0.3) is 10.6 Å². The number of thiazole rings is 1. The van der Waals surface area contributed by atoms with Crippen molar-refractivity contribution in [3.8, 4) is 10.6 Å². The van der Waals surface area contributed by atoms with Crippen molar-refractivity contribution in [3.63, 3.8) is 0 Å². The highest BCUT2D eigenvalue weighted by Crippen LogP contribution is 2.34. The van der Waals surface area contributed by atoms with E-state index in [4.69, 9.17) is 5.73 Å². The topological polar surface area (TPSA) is 85.8 Å². The van der Waals surface area contributed by atoms with Gasteiger partial charge in [-0.25, -0.2) is 13.8 Å². The zero-order valence-corrected chi connectivity index (χ0v) is 15.8. The average Bonchev–Trinajstić information content (AvgIpc) is 3.29. The number of carbonyl (C=O) groups excluding carboxylic acids is 1. The molecule has 3 aromatic rings. The molecule has 6 nitrogen and oxygen atoms in total. The van der Waals surface area contributed by atoms with Crippen LogP contribution in [0.5, 0.6) is 0 Å². The number of amides is 1. The third kappa shape index (κ3) is 3.62. The van der Waals surface area contributed by atoms with Crippen molar-refractivity contribution in [2.24, 2.45) is 0 Å². The largest absolute Gasteiger partial charge is 0.389 e. The maximum absolute atomic E-state index is 14.0. The first-order valence-corrected chi connectivity index (χ1v) is 9.91. The second-order valence-corrected chi connectivity index (χ2v) is 7.81. The summed E-state index contributed by atoms with van der Waals surface area (Å²) in [6.07, 6.45) is 9.11. The van der Waals surface area contributed by atoms with E-state index >= 15 is 0 Å². The zero-order valence-electron chi connectivity index (χ0n) is 15.0. The lowest BCUT2D eigenvalue weighted by atomic mass is 9.96. The van der Waals surface area contributed by atoms with Gasteiger partial charge in [-0.2, -0.15) is 5.10 Å². The van der Waals surface area contributed by atoms with Crippen molar-refractivity contribution in [3.05, 3.63) is 47.9 Å². The standard InChI is InChI=1S/C19H19F2N5OS/c20-13-7-4-8-14(21)15(13)19-25-16(17(22)28-19)18(27)24-11-9-23-26(10-11)12-5-2-1-3-6-12/h4,7-10,12H,1-3,5-6,22H2,(H,24,27). The Hall–Kier alpha value is -2.81. The van der Waals surface area contributed by atoms with E-state index < -0.39 is 17.5 Å². The van der Waals surface area contributed by atoms with Crippen LogP contribution < -0.4 is 11.1 Å². The number of benzene rings is 1. The molecular formula is C19H19F2N5OS. The maximum atomic E-state index is 14.0. The second kappa shape index (κ2) is 7.67. The van der Waals surface area contributed by atoms with Gasteiger partial charge in [-0.1, -0.05) is 36.7 Å². The van der Waals surface area contributed by atoms with Gasteiger partial charge in [-0.05, 0) is 25.0 Å². The summed E-state index contributed by atoms with van der Waals surface area (Å²) < 4.78 is 29.8. The minimum atomic E-state index is -0.755. The summed E-state index contributed by atoms with van der Waals surface area (Å²) in [5.74, 6) is -2.05. The molecule has 0 spiro atoms. The van der Waals surface area contributed by atoms with Gasteiger partial charge in [0.15, 0.2) is 5.69 Å². The summed E-state index contributed by atoms with van der Waals surface area (Å²) in [6.45, 7) is 0. The van der Waals surface area contributed by atoms with Crippen molar-refractivity contribution in [2.75, 3.05) is 11.1 Å². The van der Waals surface area contributed by atoms with Gasteiger partial charge in [0.25, 0.3) is 5.91 Å². The molecule has 0 unspecified atom stereocenters. The number of halogens is 2. The molecule has 4 rings (SSSR count). The minimum Gasteiger partial charge on any atom is -0.389 e. The normalized spacial score (nSPS) is 14.9. The number of aromatic nitrogens is 3. The van der Waals surface area contributed by atoms with E-state index in [0.29, 0.717) is 11.7 Å². The molecule has 0 atom stereocenters. The fraction of sp³-hybridized carbons (Fsp3) is 0.316. The summed E-state index contributed by atoms with van der Waals surface area (Å²) in [5.41, 5.74) is 6.06. The van der Waals surface area contributed by atoms with Crippen LogP contribution in [0.4, 0.5) is 19.5 Å². The molecule has 146 valence electrons. The molecule has 1 amide bonds. The van der Waals surface area contributed by atoms with Crippen LogP contribution in [-0.2, 0) is 0 Å². The lowest BCUT2D eigenvalue weighted by molar-refractivity contribution is 0.102. The van der Waals surface area contributed by atoms with Gasteiger partial charge >= 0.3 is 0 Å². The Morgan fingerprint density at radius 2 is 1.93 bits per heavy atom. The summed E-state index contributed by atoms with van der Waals surface area (Å²) >= 11 is 0.868. The highest BCUT2D eigenvalue weighted by Gasteiger charge is 2.22. The highest BCUT2D eigenvalue weighted by atomic mass is 32.1. The van der Waals surface area contributed by atoms with E-state index in [1.165, 1.54) is 25.3 Å². The van der Waals surface area contributed by atoms with Crippen LogP contribution in [0.1, 0.15) is 48.6 Å². The number of nitrogens with one attached hydrogen (secondary N) is 1. The molecular weight excluding hydrogens is 384 g/mol. The fourth-order valence-corrected chi connectivity index (χ4v) is 4.32. The van der Waals surface area contributed by atoms with Crippen molar-refractivity contribution < 1.29 is 13.6 Å². The molecule has 1 fully saturated rings. The average molecular weight is 403 g/mol. The first kappa shape index (κ1) is 18.5. The summed E-state index contributed by atoms with van der Waals surface area (Å²) in [7, 11) is 0. The van der Waals surface area contributed by atoms with Gasteiger partial charge in [0.05, 0.1) is 23.5 Å². The van der Waals surface area contributed by atoms with Gasteiger partial charge in [-0.3, -0.25) is 9.48 Å². The third-order valence-corrected chi connectivity index (χ3v) is 5.76. The zero-order chi connectivity index (χ0) is 19.7. The Labute approximate surface area is 164 Å². The predicted molar refractivity (Wildman–Crippen MR) is 104 cm³/mol. The van der Waals surface area contributed by atoms with Crippen LogP contribution in [-0.4, -0.2) is 20.7 Å². The summed E-state index contributed by atoms with van der Waals surface area (Å²) in [6, 6.07) is 3.88. The molecule has 0 saturated heterocycles. The molecule has 1 aliphatic carbocycles. The molecule has 1 aliphatic rings. The molecule has 9 heteroatoms. The number of anilines is 2. The maximum Gasteiger partial charge on any atom is 0.277 e. The summed E-state index contributed by atoms with van der Waals surface area (Å²) in [4.78, 5) is 16.6. The van der Waals surface area contributed by atoms with Crippen LogP contribution in [0.3, 0.4) is 0 Å². The number of nitrogen functional groups attached to an aromatic ring is 1. The summed E-state index contributed by atoms with van der Waals surface area (Å²) in [5, 5.41) is 7.16. The molecule has 3 N–H and O–H groups in total. The number of nitrogens with zero attached hydrogens (tertiary/aromatic N) is 3. The molecule has 0 radical (unpaired) electrons. The molecule has 2 heterocycles. The second-order valence-electron chi connectivity index (χ2n) is 6.78. The van der Waals surface area contributed by atoms with Crippen LogP contribution in [0, 0.1) is 11.6 Å². The Bertz CT molecular complexity index is 989. The minimum absolute atomic E-state index is 0.0242. The Balaban J connectivity index is 1.53. The van der Waals surface area contributed by atoms with Gasteiger partial charge in [0, 0.05) is 6.20 Å². The molecule has 28 heavy (non-hydrogen) atoms. The van der Waals surface area contributed by atoms with Gasteiger partial charge < -0.3 is 11.1 Å². The first-order chi connectivity index (χ1) is 13.5. The van der Waals surface area contributed by atoms with Crippen molar-refractivity contribution in [1.29, 1.82) is 0 Å². The number of rotatable bonds is 4. The Morgan fingerprint density at radius 3 is 2.64 bits per heavy atom. The third-order valence-electron chi connectivity index (χ3n) is 4.85. The molecule has 0 aliphatic heterocycles. The number of carbonyl (C=O) groups is 1. The van der Waals surface area contributed by atoms with Gasteiger partial charge in [0.1, 0.15) is 21.6 Å². The van der Waals surface area contributed by atoms with E-state index in [1.54, 1.807) is 12.4 Å². The predicted octanol–water partition coefficient (Wildman–Crippen LogP) is 4.62. The van der Waals surface area contributed by atoms with E-state index in [2.05, 4.69) is 15.4 Å². The van der Waals surface area contributed by atoms with Crippen LogP contribution >= 0.6 is 11.3 Å². The van der Waals surface area contributed by atoms with Crippen LogP contribution in [0.15, 0.2) is 30.6 Å². The molecule has 1 saturated carbocycles. The van der Waals surface area contributed by atoms with Crippen LogP contribution in [0.2, 0.25) is 0 Å². The van der Waals surface area contributed by atoms with E-state index in [0.717, 1.165) is 36.3 Å². The lowest BCUT2D eigenvalue weighted by Crippen LogP contribution is -2.14. The number of hydrogen-bond donors (Lipinski definition) is 2. The number of nitrogens with two attached hydrogens (primary N) is 1. The molecule has 2 aromatic heterocycles. The first-order valence-electron chi connectivity index (χ1n) is 9.09. The monoisotopic (exact) mass is 403 g/mol. The highest BCUT2D eigenvalue weighted by molar-refractivity contribution is 7.19.